The third kappa shape index (κ3) is 3.38. The van der Waals surface area contributed by atoms with Gasteiger partial charge in [-0.25, -0.2) is 0 Å². The number of carbonyl (C=O) groups is 1. The standard InChI is InChI=1S/C17H15BrN2O2S/c1-3-22-13-7-8-14-15(10-13)23-17(20(14)2)19-16(21)11-5-4-6-12(18)9-11/h4-10H,3H2,1-2H3. The summed E-state index contributed by atoms with van der Waals surface area (Å²) in [6.45, 7) is 2.58. The molecule has 0 saturated carbocycles. The molecule has 0 fully saturated rings. The van der Waals surface area contributed by atoms with Crippen molar-refractivity contribution in [3.63, 3.8) is 0 Å². The molecule has 2 aromatic carbocycles. The number of benzene rings is 2. The van der Waals surface area contributed by atoms with Gasteiger partial charge in [-0.15, -0.1) is 0 Å². The van der Waals surface area contributed by atoms with Crippen molar-refractivity contribution < 1.29 is 9.53 Å². The first kappa shape index (κ1) is 16.0. The molecule has 0 aliphatic heterocycles. The second kappa shape index (κ2) is 6.68. The number of aromatic nitrogens is 1. The van der Waals surface area contributed by atoms with Gasteiger partial charge < -0.3 is 9.30 Å². The number of halogens is 1. The van der Waals surface area contributed by atoms with Gasteiger partial charge in [-0.3, -0.25) is 4.79 Å². The Morgan fingerprint density at radius 2 is 2.13 bits per heavy atom. The molecule has 3 aromatic rings. The molecule has 0 N–H and O–H groups in total. The highest BCUT2D eigenvalue weighted by atomic mass is 79.9. The van der Waals surface area contributed by atoms with Crippen LogP contribution in [0.25, 0.3) is 10.2 Å². The van der Waals surface area contributed by atoms with E-state index >= 15 is 0 Å². The van der Waals surface area contributed by atoms with Crippen molar-refractivity contribution in [2.75, 3.05) is 6.61 Å². The third-order valence-electron chi connectivity index (χ3n) is 3.36. The van der Waals surface area contributed by atoms with Gasteiger partial charge >= 0.3 is 0 Å². The lowest BCUT2D eigenvalue weighted by molar-refractivity contribution is 0.0998. The van der Waals surface area contributed by atoms with Crippen LogP contribution in [-0.2, 0) is 7.05 Å². The molecule has 1 aromatic heterocycles. The maximum Gasteiger partial charge on any atom is 0.279 e. The van der Waals surface area contributed by atoms with Crippen LogP contribution in [0, 0.1) is 0 Å². The Bertz CT molecular complexity index is 943. The van der Waals surface area contributed by atoms with Crippen LogP contribution in [0.4, 0.5) is 0 Å². The minimum absolute atomic E-state index is 0.251. The largest absolute Gasteiger partial charge is 0.494 e. The summed E-state index contributed by atoms with van der Waals surface area (Å²) in [6, 6.07) is 13.1. The zero-order valence-corrected chi connectivity index (χ0v) is 15.1. The van der Waals surface area contributed by atoms with Gasteiger partial charge in [0.25, 0.3) is 5.91 Å². The van der Waals surface area contributed by atoms with Crippen LogP contribution in [0.5, 0.6) is 5.75 Å². The number of aryl methyl sites for hydroxylation is 1. The zero-order valence-electron chi connectivity index (χ0n) is 12.7. The zero-order chi connectivity index (χ0) is 16.4. The number of hydrogen-bond donors (Lipinski definition) is 0. The van der Waals surface area contributed by atoms with E-state index in [9.17, 15) is 4.79 Å². The molecule has 0 bridgehead atoms. The Morgan fingerprint density at radius 3 is 2.87 bits per heavy atom. The van der Waals surface area contributed by atoms with E-state index in [4.69, 9.17) is 4.74 Å². The summed E-state index contributed by atoms with van der Waals surface area (Å²) in [4.78, 5) is 17.3. The topological polar surface area (TPSA) is 43.6 Å². The molecule has 0 aliphatic rings. The van der Waals surface area contributed by atoms with Gasteiger partial charge in [-0.1, -0.05) is 33.3 Å². The summed E-state index contributed by atoms with van der Waals surface area (Å²) in [5, 5.41) is 0. The lowest BCUT2D eigenvalue weighted by atomic mass is 10.2. The van der Waals surface area contributed by atoms with E-state index in [2.05, 4.69) is 20.9 Å². The fourth-order valence-corrected chi connectivity index (χ4v) is 3.69. The van der Waals surface area contributed by atoms with E-state index in [0.29, 0.717) is 17.0 Å². The molecule has 1 amide bonds. The summed E-state index contributed by atoms with van der Waals surface area (Å²) in [6.07, 6.45) is 0. The van der Waals surface area contributed by atoms with Crippen molar-refractivity contribution in [2.45, 2.75) is 6.92 Å². The van der Waals surface area contributed by atoms with Crippen LogP contribution in [0.15, 0.2) is 51.9 Å². The van der Waals surface area contributed by atoms with Crippen molar-refractivity contribution in [1.82, 2.24) is 4.57 Å². The number of fused-ring (bicyclic) bond motifs is 1. The molecule has 0 atom stereocenters. The normalized spacial score (nSPS) is 11.9. The van der Waals surface area contributed by atoms with Crippen molar-refractivity contribution in [2.24, 2.45) is 12.0 Å². The van der Waals surface area contributed by atoms with Crippen LogP contribution in [-0.4, -0.2) is 17.1 Å². The highest BCUT2D eigenvalue weighted by Gasteiger charge is 2.08. The number of rotatable bonds is 3. The lowest BCUT2D eigenvalue weighted by Gasteiger charge is -2.02. The third-order valence-corrected chi connectivity index (χ3v) is 4.95. The Morgan fingerprint density at radius 1 is 1.30 bits per heavy atom. The highest BCUT2D eigenvalue weighted by Crippen LogP contribution is 2.23. The molecule has 0 unspecified atom stereocenters. The van der Waals surface area contributed by atoms with Gasteiger partial charge in [-0.05, 0) is 43.3 Å². The molecule has 0 spiro atoms. The minimum Gasteiger partial charge on any atom is -0.494 e. The lowest BCUT2D eigenvalue weighted by Crippen LogP contribution is -2.13. The Hall–Kier alpha value is -1.92. The predicted octanol–water partition coefficient (Wildman–Crippen LogP) is 4.14. The second-order valence-electron chi connectivity index (χ2n) is 4.93. The molecular weight excluding hydrogens is 376 g/mol. The van der Waals surface area contributed by atoms with Gasteiger partial charge in [0.1, 0.15) is 5.75 Å². The number of amides is 1. The van der Waals surface area contributed by atoms with Crippen molar-refractivity contribution >= 4 is 43.4 Å². The summed E-state index contributed by atoms with van der Waals surface area (Å²) in [5.74, 6) is 0.574. The average Bonchev–Trinajstić information content (AvgIpc) is 2.83. The van der Waals surface area contributed by atoms with E-state index < -0.39 is 0 Å². The number of nitrogens with zero attached hydrogens (tertiary/aromatic N) is 2. The highest BCUT2D eigenvalue weighted by molar-refractivity contribution is 9.10. The summed E-state index contributed by atoms with van der Waals surface area (Å²) in [7, 11) is 1.91. The first-order valence-electron chi connectivity index (χ1n) is 7.15. The van der Waals surface area contributed by atoms with E-state index in [1.54, 1.807) is 12.1 Å². The Balaban J connectivity index is 2.05. The Kier molecular flexibility index (Phi) is 4.63. The van der Waals surface area contributed by atoms with Gasteiger partial charge in [0.15, 0.2) is 4.80 Å². The van der Waals surface area contributed by atoms with E-state index in [0.717, 1.165) is 20.4 Å². The van der Waals surface area contributed by atoms with Crippen molar-refractivity contribution in [1.29, 1.82) is 0 Å². The van der Waals surface area contributed by atoms with Crippen LogP contribution in [0.2, 0.25) is 0 Å². The fourth-order valence-electron chi connectivity index (χ4n) is 2.25. The first-order chi connectivity index (χ1) is 11.1. The van der Waals surface area contributed by atoms with Crippen LogP contribution in [0.3, 0.4) is 0 Å². The number of carbonyl (C=O) groups excluding carboxylic acids is 1. The van der Waals surface area contributed by atoms with E-state index in [1.807, 2.05) is 48.9 Å². The molecule has 0 saturated heterocycles. The average molecular weight is 391 g/mol. The molecule has 4 nitrogen and oxygen atoms in total. The molecule has 23 heavy (non-hydrogen) atoms. The Labute approximate surface area is 146 Å². The first-order valence-corrected chi connectivity index (χ1v) is 8.76. The summed E-state index contributed by atoms with van der Waals surface area (Å²) < 4.78 is 9.35. The van der Waals surface area contributed by atoms with Gasteiger partial charge in [-0.2, -0.15) is 4.99 Å². The second-order valence-corrected chi connectivity index (χ2v) is 6.86. The van der Waals surface area contributed by atoms with E-state index in [-0.39, 0.29) is 5.91 Å². The molecule has 3 rings (SSSR count). The fraction of sp³-hybridized carbons (Fsp3) is 0.176. The van der Waals surface area contributed by atoms with Crippen LogP contribution < -0.4 is 9.54 Å². The monoisotopic (exact) mass is 390 g/mol. The molecule has 1 heterocycles. The maximum atomic E-state index is 12.3. The molecule has 6 heteroatoms. The van der Waals surface area contributed by atoms with Crippen LogP contribution in [0.1, 0.15) is 17.3 Å². The van der Waals surface area contributed by atoms with Crippen molar-refractivity contribution in [3.05, 3.63) is 57.3 Å². The molecular formula is C17H15BrN2O2S. The van der Waals surface area contributed by atoms with Crippen molar-refractivity contribution in [3.8, 4) is 5.75 Å². The predicted molar refractivity (Wildman–Crippen MR) is 96.0 cm³/mol. The number of thiazole rings is 1. The SMILES string of the molecule is CCOc1ccc2c(c1)sc(=NC(=O)c1cccc(Br)c1)n2C. The minimum atomic E-state index is -0.251. The van der Waals surface area contributed by atoms with E-state index in [1.165, 1.54) is 11.3 Å². The van der Waals surface area contributed by atoms with Gasteiger partial charge in [0.05, 0.1) is 16.8 Å². The summed E-state index contributed by atoms with van der Waals surface area (Å²) >= 11 is 4.85. The number of ether oxygens (including phenoxy) is 1. The molecule has 0 aliphatic carbocycles. The number of hydrogen-bond acceptors (Lipinski definition) is 3. The quantitative estimate of drug-likeness (QED) is 0.674. The maximum absolute atomic E-state index is 12.3. The van der Waals surface area contributed by atoms with Gasteiger partial charge in [0, 0.05) is 17.1 Å². The smallest absolute Gasteiger partial charge is 0.279 e. The van der Waals surface area contributed by atoms with Gasteiger partial charge in [0.2, 0.25) is 0 Å². The molecule has 0 radical (unpaired) electrons. The molecule has 118 valence electrons. The van der Waals surface area contributed by atoms with Crippen LogP contribution >= 0.6 is 27.3 Å². The summed E-state index contributed by atoms with van der Waals surface area (Å²) in [5.41, 5.74) is 1.59.